The van der Waals surface area contributed by atoms with E-state index in [0.29, 0.717) is 19.6 Å². The van der Waals surface area contributed by atoms with Crippen molar-refractivity contribution in [3.63, 3.8) is 0 Å². The van der Waals surface area contributed by atoms with E-state index in [1.807, 2.05) is 37.4 Å². The lowest BCUT2D eigenvalue weighted by Gasteiger charge is -2.39. The highest BCUT2D eigenvalue weighted by molar-refractivity contribution is 7.92. The van der Waals surface area contributed by atoms with Gasteiger partial charge in [-0.15, -0.1) is 0 Å². The van der Waals surface area contributed by atoms with Gasteiger partial charge in [-0.3, -0.25) is 0 Å². The lowest BCUT2D eigenvalue weighted by molar-refractivity contribution is 0.161. The van der Waals surface area contributed by atoms with Crippen LogP contribution < -0.4 is 5.73 Å². The van der Waals surface area contributed by atoms with Crippen molar-refractivity contribution < 1.29 is 8.42 Å². The van der Waals surface area contributed by atoms with Gasteiger partial charge in [-0.2, -0.15) is 4.31 Å². The standard InChI is InChI=1S/C13H19N3O2S2/c1-15-7-8-16(20(17,18)10-13(14)19)12(9-15)11-5-3-2-4-6-11/h2-6,12H,7-10H2,1H3,(H2,14,19). The largest absolute Gasteiger partial charge is 0.392 e. The van der Waals surface area contributed by atoms with Gasteiger partial charge in [-0.25, -0.2) is 8.42 Å². The van der Waals surface area contributed by atoms with Gasteiger partial charge in [0.1, 0.15) is 5.75 Å². The molecule has 0 radical (unpaired) electrons. The third-order valence-corrected chi connectivity index (χ3v) is 5.56. The van der Waals surface area contributed by atoms with Crippen molar-refractivity contribution in [1.82, 2.24) is 9.21 Å². The van der Waals surface area contributed by atoms with Crippen LogP contribution in [0.3, 0.4) is 0 Å². The zero-order chi connectivity index (χ0) is 14.8. The first kappa shape index (κ1) is 15.4. The molecule has 0 saturated carbocycles. The second-order valence-corrected chi connectivity index (χ2v) is 7.47. The van der Waals surface area contributed by atoms with E-state index in [1.165, 1.54) is 4.31 Å². The molecule has 7 heteroatoms. The minimum atomic E-state index is -3.46. The summed E-state index contributed by atoms with van der Waals surface area (Å²) in [6.45, 7) is 1.83. The third-order valence-electron chi connectivity index (χ3n) is 3.40. The van der Waals surface area contributed by atoms with Crippen LogP contribution in [-0.2, 0) is 10.0 Å². The van der Waals surface area contributed by atoms with Gasteiger partial charge in [0.25, 0.3) is 0 Å². The minimum Gasteiger partial charge on any atom is -0.392 e. The Morgan fingerprint density at radius 1 is 1.35 bits per heavy atom. The number of likely N-dealkylation sites (N-methyl/N-ethyl adjacent to an activating group) is 1. The molecule has 1 heterocycles. The molecule has 110 valence electrons. The molecule has 1 aliphatic heterocycles. The van der Waals surface area contributed by atoms with Crippen LogP contribution in [0.25, 0.3) is 0 Å². The maximum Gasteiger partial charge on any atom is 0.221 e. The molecule has 0 bridgehead atoms. The molecular weight excluding hydrogens is 294 g/mol. The quantitative estimate of drug-likeness (QED) is 0.824. The number of nitrogens with two attached hydrogens (primary N) is 1. The minimum absolute atomic E-state index is 0.00994. The Kier molecular flexibility index (Phi) is 4.74. The number of sulfonamides is 1. The number of benzene rings is 1. The summed E-state index contributed by atoms with van der Waals surface area (Å²) in [6, 6.07) is 9.48. The monoisotopic (exact) mass is 313 g/mol. The highest BCUT2D eigenvalue weighted by atomic mass is 32.2. The number of hydrogen-bond acceptors (Lipinski definition) is 4. The van der Waals surface area contributed by atoms with Gasteiger partial charge in [0.05, 0.1) is 11.0 Å². The van der Waals surface area contributed by atoms with E-state index >= 15 is 0 Å². The molecule has 0 aliphatic carbocycles. The number of hydrogen-bond donors (Lipinski definition) is 1. The van der Waals surface area contributed by atoms with Crippen molar-refractivity contribution in [3.8, 4) is 0 Å². The number of nitrogens with zero attached hydrogens (tertiary/aromatic N) is 2. The molecular formula is C13H19N3O2S2. The molecule has 1 aromatic rings. The van der Waals surface area contributed by atoms with E-state index < -0.39 is 10.0 Å². The number of thiocarbonyl (C=S) groups is 1. The Hall–Kier alpha value is -1.02. The fourth-order valence-electron chi connectivity index (χ4n) is 2.45. The van der Waals surface area contributed by atoms with Crippen LogP contribution >= 0.6 is 12.2 Å². The van der Waals surface area contributed by atoms with E-state index in [0.717, 1.165) is 5.56 Å². The van der Waals surface area contributed by atoms with Crippen molar-refractivity contribution in [3.05, 3.63) is 35.9 Å². The number of piperazine rings is 1. The van der Waals surface area contributed by atoms with Crippen LogP contribution in [0.4, 0.5) is 0 Å². The fraction of sp³-hybridized carbons (Fsp3) is 0.462. The molecule has 1 atom stereocenters. The average molecular weight is 313 g/mol. The van der Waals surface area contributed by atoms with Crippen LogP contribution in [-0.4, -0.2) is 55.0 Å². The molecule has 1 saturated heterocycles. The van der Waals surface area contributed by atoms with Crippen LogP contribution in [0.15, 0.2) is 30.3 Å². The Bertz CT molecular complexity index is 575. The molecule has 2 rings (SSSR count). The number of rotatable bonds is 4. The molecule has 0 amide bonds. The van der Waals surface area contributed by atoms with Gasteiger partial charge in [0, 0.05) is 19.6 Å². The van der Waals surface area contributed by atoms with Crippen LogP contribution in [0.2, 0.25) is 0 Å². The van der Waals surface area contributed by atoms with Gasteiger partial charge < -0.3 is 10.6 Å². The van der Waals surface area contributed by atoms with E-state index in [4.69, 9.17) is 18.0 Å². The predicted molar refractivity (Wildman–Crippen MR) is 84.0 cm³/mol. The topological polar surface area (TPSA) is 66.6 Å². The molecule has 0 aromatic heterocycles. The fourth-order valence-corrected chi connectivity index (χ4v) is 4.35. The second-order valence-electron chi connectivity index (χ2n) is 5.02. The molecule has 5 nitrogen and oxygen atoms in total. The highest BCUT2D eigenvalue weighted by Crippen LogP contribution is 2.27. The van der Waals surface area contributed by atoms with Crippen molar-refractivity contribution in [2.24, 2.45) is 5.73 Å². The molecule has 2 N–H and O–H groups in total. The predicted octanol–water partition coefficient (Wildman–Crippen LogP) is 0.591. The van der Waals surface area contributed by atoms with Gasteiger partial charge >= 0.3 is 0 Å². The average Bonchev–Trinajstić information content (AvgIpc) is 2.38. The first-order chi connectivity index (χ1) is 9.40. The molecule has 1 fully saturated rings. The van der Waals surface area contributed by atoms with Gasteiger partial charge in [0.2, 0.25) is 10.0 Å². The summed E-state index contributed by atoms with van der Waals surface area (Å²) in [5.74, 6) is -0.268. The lowest BCUT2D eigenvalue weighted by Crippen LogP contribution is -2.50. The summed E-state index contributed by atoms with van der Waals surface area (Å²) < 4.78 is 26.4. The smallest absolute Gasteiger partial charge is 0.221 e. The Morgan fingerprint density at radius 2 is 2.00 bits per heavy atom. The SMILES string of the molecule is CN1CCN(S(=O)(=O)CC(N)=S)C(c2ccccc2)C1. The van der Waals surface area contributed by atoms with Crippen molar-refractivity contribution >= 4 is 27.2 Å². The summed E-state index contributed by atoms with van der Waals surface area (Å²) in [4.78, 5) is 2.14. The normalized spacial score (nSPS) is 21.8. The van der Waals surface area contributed by atoms with Crippen molar-refractivity contribution in [1.29, 1.82) is 0 Å². The maximum atomic E-state index is 12.4. The lowest BCUT2D eigenvalue weighted by atomic mass is 10.1. The van der Waals surface area contributed by atoms with Crippen molar-refractivity contribution in [2.45, 2.75) is 6.04 Å². The van der Waals surface area contributed by atoms with Crippen LogP contribution in [0, 0.1) is 0 Å². The van der Waals surface area contributed by atoms with Crippen molar-refractivity contribution in [2.75, 3.05) is 32.4 Å². The van der Waals surface area contributed by atoms with Gasteiger partial charge in [-0.05, 0) is 12.6 Å². The summed E-state index contributed by atoms with van der Waals surface area (Å²) in [5.41, 5.74) is 6.40. The molecule has 1 unspecified atom stereocenters. The van der Waals surface area contributed by atoms with E-state index in [9.17, 15) is 8.42 Å². The van der Waals surface area contributed by atoms with Crippen LogP contribution in [0.1, 0.15) is 11.6 Å². The summed E-state index contributed by atoms with van der Waals surface area (Å²) in [6.07, 6.45) is 0. The van der Waals surface area contributed by atoms with E-state index in [2.05, 4.69) is 4.90 Å². The van der Waals surface area contributed by atoms with Gasteiger partial charge in [-0.1, -0.05) is 42.5 Å². The molecule has 0 spiro atoms. The van der Waals surface area contributed by atoms with Gasteiger partial charge in [0.15, 0.2) is 0 Å². The Balaban J connectivity index is 2.32. The molecule has 1 aliphatic rings. The maximum absolute atomic E-state index is 12.4. The first-order valence-corrected chi connectivity index (χ1v) is 8.43. The van der Waals surface area contributed by atoms with E-state index in [-0.39, 0.29) is 16.8 Å². The first-order valence-electron chi connectivity index (χ1n) is 6.41. The van der Waals surface area contributed by atoms with Crippen LogP contribution in [0.5, 0.6) is 0 Å². The Morgan fingerprint density at radius 3 is 2.60 bits per heavy atom. The summed E-state index contributed by atoms with van der Waals surface area (Å²) in [5, 5.41) is 0. The summed E-state index contributed by atoms with van der Waals surface area (Å²) >= 11 is 4.75. The zero-order valence-electron chi connectivity index (χ0n) is 11.4. The van der Waals surface area contributed by atoms with E-state index in [1.54, 1.807) is 0 Å². The molecule has 20 heavy (non-hydrogen) atoms. The summed E-state index contributed by atoms with van der Waals surface area (Å²) in [7, 11) is -1.47. The molecule has 1 aromatic carbocycles. The Labute approximate surface area is 125 Å². The second kappa shape index (κ2) is 6.17. The third kappa shape index (κ3) is 3.54. The zero-order valence-corrected chi connectivity index (χ0v) is 13.0. The highest BCUT2D eigenvalue weighted by Gasteiger charge is 2.35.